The summed E-state index contributed by atoms with van der Waals surface area (Å²) in [6, 6.07) is 18.6. The average molecular weight is 474 g/mol. The van der Waals surface area contributed by atoms with Crippen LogP contribution < -0.4 is 4.90 Å². The second-order valence-electron chi connectivity index (χ2n) is 9.25. The van der Waals surface area contributed by atoms with Gasteiger partial charge in [-0.05, 0) is 75.2 Å². The predicted octanol–water partition coefficient (Wildman–Crippen LogP) is 5.54. The first-order valence-corrected chi connectivity index (χ1v) is 13.2. The van der Waals surface area contributed by atoms with Gasteiger partial charge in [0.15, 0.2) is 0 Å². The molecule has 0 spiro atoms. The van der Waals surface area contributed by atoms with Gasteiger partial charge in [0.1, 0.15) is 0 Å². The number of hydrogen-bond donors (Lipinski definition) is 1. The highest BCUT2D eigenvalue weighted by Crippen LogP contribution is 2.27. The van der Waals surface area contributed by atoms with Gasteiger partial charge in [-0.3, -0.25) is 9.89 Å². The highest BCUT2D eigenvalue weighted by molar-refractivity contribution is 5.94. The predicted molar refractivity (Wildman–Crippen MR) is 145 cm³/mol. The fourth-order valence-corrected chi connectivity index (χ4v) is 4.79. The van der Waals surface area contributed by atoms with Gasteiger partial charge in [0.25, 0.3) is 5.91 Å². The molecule has 3 aromatic rings. The number of nitrogens with zero attached hydrogens (tertiary/aromatic N) is 4. The van der Waals surface area contributed by atoms with Gasteiger partial charge in [-0.1, -0.05) is 38.1 Å². The van der Waals surface area contributed by atoms with Crippen molar-refractivity contribution in [2.24, 2.45) is 0 Å². The number of piperidine rings is 1. The van der Waals surface area contributed by atoms with Crippen molar-refractivity contribution in [2.75, 3.05) is 50.7 Å². The molecule has 35 heavy (non-hydrogen) atoms. The van der Waals surface area contributed by atoms with E-state index in [-0.39, 0.29) is 5.91 Å². The van der Waals surface area contributed by atoms with E-state index in [1.54, 1.807) is 0 Å². The van der Waals surface area contributed by atoms with Gasteiger partial charge in [-0.2, -0.15) is 5.10 Å². The number of aromatic amines is 1. The Hall–Kier alpha value is -3.12. The third-order valence-corrected chi connectivity index (χ3v) is 7.15. The van der Waals surface area contributed by atoms with Crippen LogP contribution in [0.5, 0.6) is 0 Å². The lowest BCUT2D eigenvalue weighted by molar-refractivity contribution is 0.0747. The fraction of sp³-hybridized carbons (Fsp3) is 0.448. The Labute approximate surface area is 209 Å². The molecule has 0 bridgehead atoms. The normalized spacial score (nSPS) is 13.9. The van der Waals surface area contributed by atoms with Gasteiger partial charge < -0.3 is 14.7 Å². The van der Waals surface area contributed by atoms with Crippen LogP contribution in [0, 0.1) is 0 Å². The fourth-order valence-electron chi connectivity index (χ4n) is 4.79. The van der Waals surface area contributed by atoms with E-state index < -0.39 is 0 Å². The first-order chi connectivity index (χ1) is 17.1. The molecule has 2 heterocycles. The van der Waals surface area contributed by atoms with Crippen molar-refractivity contribution in [3.05, 3.63) is 60.2 Å². The van der Waals surface area contributed by atoms with Crippen molar-refractivity contribution in [1.82, 2.24) is 20.0 Å². The summed E-state index contributed by atoms with van der Waals surface area (Å²) in [4.78, 5) is 19.8. The third-order valence-electron chi connectivity index (χ3n) is 7.15. The summed E-state index contributed by atoms with van der Waals surface area (Å²) in [6.45, 7) is 13.0. The number of H-pyrrole nitrogens is 1. The van der Waals surface area contributed by atoms with E-state index in [1.807, 2.05) is 36.1 Å². The Balaban J connectivity index is 1.41. The number of amides is 1. The molecule has 1 amide bonds. The quantitative estimate of drug-likeness (QED) is 0.420. The zero-order valence-electron chi connectivity index (χ0n) is 21.5. The molecule has 1 N–H and O–H groups in total. The summed E-state index contributed by atoms with van der Waals surface area (Å²) < 4.78 is 0. The van der Waals surface area contributed by atoms with Crippen molar-refractivity contribution in [1.29, 1.82) is 0 Å². The standard InChI is InChI=1S/C29H39N5O/c1-4-32(5-2)20-21-33(6-3)29(35)25-12-10-23(11-13-25)27-22-28(31-30-27)24-14-16-26(17-15-24)34-18-8-7-9-19-34/h10-17,22H,4-9,18-21H2,1-3H3,(H,30,31). The number of carbonyl (C=O) groups excluding carboxylic acids is 1. The minimum atomic E-state index is 0.0882. The van der Waals surface area contributed by atoms with E-state index in [1.165, 1.54) is 24.9 Å². The maximum Gasteiger partial charge on any atom is 0.253 e. The maximum atomic E-state index is 13.0. The number of aromatic nitrogens is 2. The molecule has 0 aliphatic carbocycles. The minimum absolute atomic E-state index is 0.0882. The van der Waals surface area contributed by atoms with Crippen LogP contribution in [0.1, 0.15) is 50.4 Å². The van der Waals surface area contributed by atoms with Gasteiger partial charge in [-0.25, -0.2) is 0 Å². The number of hydrogen-bond acceptors (Lipinski definition) is 4. The van der Waals surface area contributed by atoms with Crippen molar-refractivity contribution >= 4 is 11.6 Å². The maximum absolute atomic E-state index is 13.0. The Kier molecular flexibility index (Phi) is 8.59. The molecule has 1 saturated heterocycles. The molecule has 6 nitrogen and oxygen atoms in total. The zero-order chi connectivity index (χ0) is 24.6. The highest BCUT2D eigenvalue weighted by Gasteiger charge is 2.16. The van der Waals surface area contributed by atoms with E-state index in [0.717, 1.165) is 67.3 Å². The molecule has 1 fully saturated rings. The van der Waals surface area contributed by atoms with Crippen molar-refractivity contribution < 1.29 is 4.79 Å². The summed E-state index contributed by atoms with van der Waals surface area (Å²) in [7, 11) is 0. The second-order valence-corrected chi connectivity index (χ2v) is 9.25. The molecule has 0 saturated carbocycles. The van der Waals surface area contributed by atoms with Crippen LogP contribution in [0.15, 0.2) is 54.6 Å². The number of nitrogens with one attached hydrogen (secondary N) is 1. The molecule has 6 heteroatoms. The average Bonchev–Trinajstić information content (AvgIpc) is 3.42. The second kappa shape index (κ2) is 12.0. The Morgan fingerprint density at radius 3 is 2.14 bits per heavy atom. The molecule has 1 aromatic heterocycles. The monoisotopic (exact) mass is 473 g/mol. The topological polar surface area (TPSA) is 55.5 Å². The lowest BCUT2D eigenvalue weighted by atomic mass is 10.1. The molecule has 1 aliphatic rings. The van der Waals surface area contributed by atoms with Crippen molar-refractivity contribution in [2.45, 2.75) is 40.0 Å². The molecule has 2 aromatic carbocycles. The number of carbonyl (C=O) groups is 1. The van der Waals surface area contributed by atoms with Crippen LogP contribution in [0.3, 0.4) is 0 Å². The van der Waals surface area contributed by atoms with Gasteiger partial charge in [0, 0.05) is 49.5 Å². The summed E-state index contributed by atoms with van der Waals surface area (Å²) in [5.41, 5.74) is 6.03. The summed E-state index contributed by atoms with van der Waals surface area (Å²) in [6.07, 6.45) is 3.90. The summed E-state index contributed by atoms with van der Waals surface area (Å²) in [5, 5.41) is 7.71. The van der Waals surface area contributed by atoms with E-state index in [2.05, 4.69) is 64.2 Å². The van der Waals surface area contributed by atoms with Crippen LogP contribution in [0.4, 0.5) is 5.69 Å². The smallest absolute Gasteiger partial charge is 0.253 e. The molecule has 1 aliphatic heterocycles. The van der Waals surface area contributed by atoms with E-state index in [4.69, 9.17) is 0 Å². The van der Waals surface area contributed by atoms with Gasteiger partial charge >= 0.3 is 0 Å². The Bertz CT molecular complexity index is 1060. The van der Waals surface area contributed by atoms with Crippen molar-refractivity contribution in [3.63, 3.8) is 0 Å². The summed E-state index contributed by atoms with van der Waals surface area (Å²) >= 11 is 0. The molecular weight excluding hydrogens is 434 g/mol. The van der Waals surface area contributed by atoms with Crippen LogP contribution in [-0.4, -0.2) is 71.7 Å². The first kappa shape index (κ1) is 25.0. The molecule has 186 valence electrons. The van der Waals surface area contributed by atoms with Crippen LogP contribution >= 0.6 is 0 Å². The SMILES string of the molecule is CCN(CC)CCN(CC)C(=O)c1ccc(-c2cc(-c3ccc(N4CCCCC4)cc3)n[nH]2)cc1. The molecule has 0 unspecified atom stereocenters. The van der Waals surface area contributed by atoms with E-state index >= 15 is 0 Å². The van der Waals surface area contributed by atoms with E-state index in [9.17, 15) is 4.79 Å². The van der Waals surface area contributed by atoms with Crippen LogP contribution in [-0.2, 0) is 0 Å². The third kappa shape index (κ3) is 6.12. The van der Waals surface area contributed by atoms with Crippen molar-refractivity contribution in [3.8, 4) is 22.5 Å². The minimum Gasteiger partial charge on any atom is -0.372 e. The molecule has 4 rings (SSSR count). The van der Waals surface area contributed by atoms with E-state index in [0.29, 0.717) is 6.54 Å². The van der Waals surface area contributed by atoms with Crippen LogP contribution in [0.25, 0.3) is 22.5 Å². The number of likely N-dealkylation sites (N-methyl/N-ethyl adjacent to an activating group) is 2. The largest absolute Gasteiger partial charge is 0.372 e. The molecule has 0 radical (unpaired) electrons. The number of anilines is 1. The van der Waals surface area contributed by atoms with Gasteiger partial charge in [-0.15, -0.1) is 0 Å². The lowest BCUT2D eigenvalue weighted by Gasteiger charge is -2.28. The molecule has 0 atom stereocenters. The Morgan fingerprint density at radius 1 is 0.857 bits per heavy atom. The molecular formula is C29H39N5O. The van der Waals surface area contributed by atoms with Gasteiger partial charge in [0.05, 0.1) is 11.4 Å². The lowest BCUT2D eigenvalue weighted by Crippen LogP contribution is -2.38. The highest BCUT2D eigenvalue weighted by atomic mass is 16.2. The number of benzene rings is 2. The first-order valence-electron chi connectivity index (χ1n) is 13.2. The van der Waals surface area contributed by atoms with Gasteiger partial charge in [0.2, 0.25) is 0 Å². The Morgan fingerprint density at radius 2 is 1.51 bits per heavy atom. The summed E-state index contributed by atoms with van der Waals surface area (Å²) in [5.74, 6) is 0.0882. The zero-order valence-corrected chi connectivity index (χ0v) is 21.5. The van der Waals surface area contributed by atoms with Crippen LogP contribution in [0.2, 0.25) is 0 Å². The number of rotatable bonds is 10.